The maximum atomic E-state index is 6.78. The second-order valence-electron chi connectivity index (χ2n) is 3.10. The van der Waals surface area contributed by atoms with Gasteiger partial charge in [-0.05, 0) is 6.92 Å². The Kier molecular flexibility index (Phi) is 2.04. The summed E-state index contributed by atoms with van der Waals surface area (Å²) in [6, 6.07) is 8.09. The topological polar surface area (TPSA) is 33.0 Å². The highest BCUT2D eigenvalue weighted by Gasteiger charge is 2.03. The molecule has 0 atom stereocenters. The highest BCUT2D eigenvalue weighted by Crippen LogP contribution is 2.19. The van der Waals surface area contributed by atoms with Crippen LogP contribution < -0.4 is 0 Å². The molecule has 0 amide bonds. The number of benzene rings is 1. The smallest absolute Gasteiger partial charge is 0.336 e. The summed E-state index contributed by atoms with van der Waals surface area (Å²) >= 11 is 0. The monoisotopic (exact) mass is 183 g/mol. The minimum atomic E-state index is 0.334. The standard InChI is InChI=1S/C11H9N3/c1-8-3-5-9(6-4-8)10-7-13-11(12-2)14-10/h3-7H,1H3,(H,13,14). The first-order valence-electron chi connectivity index (χ1n) is 4.29. The van der Waals surface area contributed by atoms with Crippen LogP contribution in [-0.2, 0) is 0 Å². The number of aromatic nitrogens is 2. The normalized spacial score (nSPS) is 9.71. The lowest BCUT2D eigenvalue weighted by molar-refractivity contribution is 1.35. The number of hydrogen-bond acceptors (Lipinski definition) is 1. The third-order valence-electron chi connectivity index (χ3n) is 2.03. The van der Waals surface area contributed by atoms with Crippen molar-refractivity contribution in [1.82, 2.24) is 9.97 Å². The molecule has 0 aliphatic rings. The van der Waals surface area contributed by atoms with Crippen LogP contribution >= 0.6 is 0 Å². The van der Waals surface area contributed by atoms with E-state index in [2.05, 4.69) is 14.8 Å². The molecule has 0 aliphatic carbocycles. The minimum Gasteiger partial charge on any atom is -0.397 e. The van der Waals surface area contributed by atoms with Crippen LogP contribution in [0.1, 0.15) is 5.56 Å². The van der Waals surface area contributed by atoms with Crippen molar-refractivity contribution in [2.75, 3.05) is 0 Å². The molecule has 3 heteroatoms. The number of aromatic amines is 1. The van der Waals surface area contributed by atoms with E-state index >= 15 is 0 Å². The number of aryl methyl sites for hydroxylation is 1. The number of nitrogens with one attached hydrogen (secondary N) is 1. The number of H-pyrrole nitrogens is 1. The van der Waals surface area contributed by atoms with E-state index in [9.17, 15) is 0 Å². The zero-order chi connectivity index (χ0) is 9.97. The zero-order valence-electron chi connectivity index (χ0n) is 7.78. The largest absolute Gasteiger partial charge is 0.397 e. The Morgan fingerprint density at radius 3 is 2.57 bits per heavy atom. The van der Waals surface area contributed by atoms with Gasteiger partial charge in [-0.15, -0.1) is 6.57 Å². The molecular formula is C11H9N3. The van der Waals surface area contributed by atoms with Gasteiger partial charge < -0.3 is 9.83 Å². The van der Waals surface area contributed by atoms with Gasteiger partial charge in [-0.25, -0.2) is 0 Å². The molecule has 1 aromatic heterocycles. The Hall–Kier alpha value is -2.08. The van der Waals surface area contributed by atoms with E-state index in [4.69, 9.17) is 6.57 Å². The van der Waals surface area contributed by atoms with Crippen molar-refractivity contribution < 1.29 is 0 Å². The first-order valence-corrected chi connectivity index (χ1v) is 4.29. The Labute approximate surface area is 82.2 Å². The van der Waals surface area contributed by atoms with Crippen LogP contribution in [0.3, 0.4) is 0 Å². The van der Waals surface area contributed by atoms with E-state index in [1.807, 2.05) is 31.2 Å². The van der Waals surface area contributed by atoms with Crippen LogP contribution in [0.15, 0.2) is 30.5 Å². The average Bonchev–Trinajstić information content (AvgIpc) is 2.67. The highest BCUT2D eigenvalue weighted by atomic mass is 15.0. The highest BCUT2D eigenvalue weighted by molar-refractivity contribution is 5.60. The van der Waals surface area contributed by atoms with Crippen molar-refractivity contribution in [2.24, 2.45) is 0 Å². The van der Waals surface area contributed by atoms with Gasteiger partial charge in [-0.3, -0.25) is 0 Å². The Bertz CT molecular complexity index is 474. The summed E-state index contributed by atoms with van der Waals surface area (Å²) in [5.74, 6) is 0.334. The first-order chi connectivity index (χ1) is 6.79. The molecule has 0 saturated carbocycles. The summed E-state index contributed by atoms with van der Waals surface area (Å²) in [7, 11) is 0. The number of imidazole rings is 1. The van der Waals surface area contributed by atoms with Crippen LogP contribution in [0, 0.1) is 13.5 Å². The van der Waals surface area contributed by atoms with Gasteiger partial charge in [0.15, 0.2) is 0 Å². The average molecular weight is 183 g/mol. The van der Waals surface area contributed by atoms with Crippen molar-refractivity contribution >= 4 is 5.95 Å². The van der Waals surface area contributed by atoms with E-state index < -0.39 is 0 Å². The van der Waals surface area contributed by atoms with Gasteiger partial charge in [-0.1, -0.05) is 29.8 Å². The SMILES string of the molecule is [C-]#[N+]c1ncc(-c2ccc(C)cc2)[nH]1. The van der Waals surface area contributed by atoms with Gasteiger partial charge in [0.05, 0.1) is 0 Å². The molecule has 3 nitrogen and oxygen atoms in total. The van der Waals surface area contributed by atoms with Crippen LogP contribution in [0.25, 0.3) is 16.1 Å². The Morgan fingerprint density at radius 1 is 1.29 bits per heavy atom. The second-order valence-corrected chi connectivity index (χ2v) is 3.10. The fourth-order valence-electron chi connectivity index (χ4n) is 1.25. The van der Waals surface area contributed by atoms with E-state index in [0.717, 1.165) is 11.3 Å². The van der Waals surface area contributed by atoms with E-state index in [0.29, 0.717) is 5.95 Å². The molecule has 1 heterocycles. The van der Waals surface area contributed by atoms with Gasteiger partial charge in [-0.2, -0.15) is 4.98 Å². The van der Waals surface area contributed by atoms with E-state index in [1.165, 1.54) is 5.56 Å². The Morgan fingerprint density at radius 2 is 2.00 bits per heavy atom. The van der Waals surface area contributed by atoms with Gasteiger partial charge in [0.1, 0.15) is 11.9 Å². The van der Waals surface area contributed by atoms with E-state index in [1.54, 1.807) is 6.20 Å². The fraction of sp³-hybridized carbons (Fsp3) is 0.0909. The third kappa shape index (κ3) is 1.50. The van der Waals surface area contributed by atoms with Crippen LogP contribution in [-0.4, -0.2) is 9.97 Å². The molecule has 0 spiro atoms. The molecule has 0 radical (unpaired) electrons. The maximum absolute atomic E-state index is 6.78. The van der Waals surface area contributed by atoms with Crippen molar-refractivity contribution in [1.29, 1.82) is 0 Å². The molecular weight excluding hydrogens is 174 g/mol. The molecule has 2 rings (SSSR count). The van der Waals surface area contributed by atoms with Crippen molar-refractivity contribution in [2.45, 2.75) is 6.92 Å². The van der Waals surface area contributed by atoms with Crippen LogP contribution in [0.2, 0.25) is 0 Å². The quantitative estimate of drug-likeness (QED) is 0.677. The predicted octanol–water partition coefficient (Wildman–Crippen LogP) is 2.94. The first kappa shape index (κ1) is 8.52. The fourth-order valence-corrected chi connectivity index (χ4v) is 1.25. The van der Waals surface area contributed by atoms with Crippen molar-refractivity contribution in [3.63, 3.8) is 0 Å². The summed E-state index contributed by atoms with van der Waals surface area (Å²) < 4.78 is 0. The number of rotatable bonds is 1. The number of hydrogen-bond donors (Lipinski definition) is 1. The van der Waals surface area contributed by atoms with Gasteiger partial charge in [0.25, 0.3) is 0 Å². The molecule has 1 aromatic carbocycles. The molecule has 2 aromatic rings. The molecule has 0 fully saturated rings. The molecule has 1 N–H and O–H groups in total. The summed E-state index contributed by atoms with van der Waals surface area (Å²) in [6.07, 6.45) is 1.68. The van der Waals surface area contributed by atoms with Gasteiger partial charge in [0.2, 0.25) is 0 Å². The number of nitrogens with zero attached hydrogens (tertiary/aromatic N) is 2. The van der Waals surface area contributed by atoms with Crippen LogP contribution in [0.5, 0.6) is 0 Å². The molecule has 0 aliphatic heterocycles. The molecule has 0 bridgehead atoms. The van der Waals surface area contributed by atoms with Crippen LogP contribution in [0.4, 0.5) is 5.95 Å². The molecule has 68 valence electrons. The van der Waals surface area contributed by atoms with Gasteiger partial charge >= 0.3 is 5.95 Å². The van der Waals surface area contributed by atoms with Crippen molar-refractivity contribution in [3.05, 3.63) is 47.4 Å². The molecule has 14 heavy (non-hydrogen) atoms. The summed E-state index contributed by atoms with van der Waals surface area (Å²) in [5, 5.41) is 0. The lowest BCUT2D eigenvalue weighted by Crippen LogP contribution is -1.77. The third-order valence-corrected chi connectivity index (χ3v) is 2.03. The summed E-state index contributed by atoms with van der Waals surface area (Å²) in [6.45, 7) is 8.83. The molecule has 0 saturated heterocycles. The summed E-state index contributed by atoms with van der Waals surface area (Å²) in [4.78, 5) is 10.1. The second kappa shape index (κ2) is 3.35. The lowest BCUT2D eigenvalue weighted by Gasteiger charge is -1.95. The maximum Gasteiger partial charge on any atom is 0.336 e. The zero-order valence-corrected chi connectivity index (χ0v) is 7.78. The molecule has 0 unspecified atom stereocenters. The van der Waals surface area contributed by atoms with E-state index in [-0.39, 0.29) is 0 Å². The predicted molar refractivity (Wildman–Crippen MR) is 55.0 cm³/mol. The minimum absolute atomic E-state index is 0.334. The van der Waals surface area contributed by atoms with Crippen molar-refractivity contribution in [3.8, 4) is 11.3 Å². The lowest BCUT2D eigenvalue weighted by atomic mass is 10.1. The Balaban J connectivity index is 2.40. The summed E-state index contributed by atoms with van der Waals surface area (Å²) in [5.41, 5.74) is 3.16. The van der Waals surface area contributed by atoms with Gasteiger partial charge in [0, 0.05) is 5.56 Å².